The standard InChI is InChI=1S/C13H18FNO3/c1-2-3-7-18-11-6-4-5-10(8-11)12(14)9-15-13(16)17/h4-6,8,12,15H,2-3,7,9H2,1H3,(H,16,17). The van der Waals surface area contributed by atoms with Gasteiger partial charge in [0.2, 0.25) is 0 Å². The number of amides is 1. The van der Waals surface area contributed by atoms with Crippen LogP contribution in [0, 0.1) is 0 Å². The molecule has 0 heterocycles. The second-order valence-corrected chi connectivity index (χ2v) is 3.93. The predicted octanol–water partition coefficient (Wildman–Crippen LogP) is 3.14. The molecule has 1 amide bonds. The molecule has 2 N–H and O–H groups in total. The smallest absolute Gasteiger partial charge is 0.404 e. The molecule has 1 aromatic rings. The SMILES string of the molecule is CCCCOc1cccc(C(F)CNC(=O)O)c1. The zero-order valence-electron chi connectivity index (χ0n) is 10.4. The Hall–Kier alpha value is -1.78. The highest BCUT2D eigenvalue weighted by Gasteiger charge is 2.11. The summed E-state index contributed by atoms with van der Waals surface area (Å²) < 4.78 is 19.1. The minimum atomic E-state index is -1.36. The van der Waals surface area contributed by atoms with E-state index in [-0.39, 0.29) is 6.54 Å². The highest BCUT2D eigenvalue weighted by atomic mass is 19.1. The summed E-state index contributed by atoms with van der Waals surface area (Å²) in [4.78, 5) is 10.3. The third-order valence-corrected chi connectivity index (χ3v) is 2.42. The Labute approximate surface area is 106 Å². The number of hydrogen-bond donors (Lipinski definition) is 2. The first-order valence-electron chi connectivity index (χ1n) is 5.97. The predicted molar refractivity (Wildman–Crippen MR) is 66.7 cm³/mol. The van der Waals surface area contributed by atoms with Gasteiger partial charge in [-0.1, -0.05) is 25.5 Å². The average Bonchev–Trinajstić information content (AvgIpc) is 2.36. The molecule has 4 nitrogen and oxygen atoms in total. The third kappa shape index (κ3) is 5.03. The van der Waals surface area contributed by atoms with Crippen LogP contribution in [0.3, 0.4) is 0 Å². The number of unbranched alkanes of at least 4 members (excludes halogenated alkanes) is 1. The topological polar surface area (TPSA) is 58.6 Å². The lowest BCUT2D eigenvalue weighted by molar-refractivity contribution is 0.189. The van der Waals surface area contributed by atoms with E-state index in [4.69, 9.17) is 9.84 Å². The van der Waals surface area contributed by atoms with Gasteiger partial charge in [-0.15, -0.1) is 0 Å². The number of alkyl halides is 1. The quantitative estimate of drug-likeness (QED) is 0.736. The molecule has 0 spiro atoms. The molecular weight excluding hydrogens is 237 g/mol. The summed E-state index contributed by atoms with van der Waals surface area (Å²) in [5, 5.41) is 10.4. The zero-order valence-corrected chi connectivity index (χ0v) is 10.4. The van der Waals surface area contributed by atoms with Crippen molar-refractivity contribution in [2.45, 2.75) is 25.9 Å². The van der Waals surface area contributed by atoms with E-state index in [0.29, 0.717) is 17.9 Å². The van der Waals surface area contributed by atoms with Crippen molar-refractivity contribution in [3.63, 3.8) is 0 Å². The number of ether oxygens (including phenoxy) is 1. The molecule has 5 heteroatoms. The molecule has 100 valence electrons. The number of halogens is 1. The number of carboxylic acid groups (broad SMARTS) is 1. The van der Waals surface area contributed by atoms with Gasteiger partial charge < -0.3 is 15.2 Å². The molecule has 0 saturated carbocycles. The van der Waals surface area contributed by atoms with Gasteiger partial charge >= 0.3 is 6.09 Å². The average molecular weight is 255 g/mol. The lowest BCUT2D eigenvalue weighted by Gasteiger charge is -2.11. The summed E-state index contributed by atoms with van der Waals surface area (Å²) in [6.07, 6.45) is -0.610. The molecule has 0 fully saturated rings. The van der Waals surface area contributed by atoms with Crippen molar-refractivity contribution in [1.29, 1.82) is 0 Å². The van der Waals surface area contributed by atoms with Gasteiger partial charge in [0.1, 0.15) is 11.9 Å². The summed E-state index contributed by atoms with van der Waals surface area (Å²) in [5.74, 6) is 0.610. The van der Waals surface area contributed by atoms with Crippen molar-refractivity contribution in [2.75, 3.05) is 13.2 Å². The van der Waals surface area contributed by atoms with Gasteiger partial charge in [0, 0.05) is 0 Å². The molecular formula is C13H18FNO3. The van der Waals surface area contributed by atoms with Crippen molar-refractivity contribution in [1.82, 2.24) is 5.32 Å². The van der Waals surface area contributed by atoms with Gasteiger partial charge in [-0.25, -0.2) is 9.18 Å². The van der Waals surface area contributed by atoms with Crippen LogP contribution in [0.5, 0.6) is 5.75 Å². The second-order valence-electron chi connectivity index (χ2n) is 3.93. The van der Waals surface area contributed by atoms with Gasteiger partial charge in [0.15, 0.2) is 0 Å². The lowest BCUT2D eigenvalue weighted by atomic mass is 10.1. The molecule has 0 aromatic heterocycles. The van der Waals surface area contributed by atoms with Crippen molar-refractivity contribution in [3.05, 3.63) is 29.8 Å². The minimum Gasteiger partial charge on any atom is -0.494 e. The molecule has 0 aliphatic heterocycles. The van der Waals surface area contributed by atoms with Gasteiger partial charge in [0.05, 0.1) is 13.2 Å². The number of hydrogen-bond acceptors (Lipinski definition) is 2. The van der Waals surface area contributed by atoms with Crippen LogP contribution in [0.15, 0.2) is 24.3 Å². The van der Waals surface area contributed by atoms with Gasteiger partial charge in [-0.05, 0) is 24.1 Å². The largest absolute Gasteiger partial charge is 0.494 e. The van der Waals surface area contributed by atoms with Crippen LogP contribution in [0.1, 0.15) is 31.5 Å². The van der Waals surface area contributed by atoms with Gasteiger partial charge in [0.25, 0.3) is 0 Å². The summed E-state index contributed by atoms with van der Waals surface area (Å²) >= 11 is 0. The minimum absolute atomic E-state index is 0.256. The first-order valence-corrected chi connectivity index (χ1v) is 5.97. The van der Waals surface area contributed by atoms with E-state index in [1.807, 2.05) is 5.32 Å². The van der Waals surface area contributed by atoms with Crippen LogP contribution in [-0.4, -0.2) is 24.4 Å². The summed E-state index contributed by atoms with van der Waals surface area (Å²) in [6.45, 7) is 2.41. The number of nitrogens with one attached hydrogen (secondary N) is 1. The summed E-state index contributed by atoms with van der Waals surface area (Å²) in [5.41, 5.74) is 0.415. The zero-order chi connectivity index (χ0) is 13.4. The highest BCUT2D eigenvalue weighted by Crippen LogP contribution is 2.21. The molecule has 1 rings (SSSR count). The summed E-state index contributed by atoms with van der Waals surface area (Å²) in [6, 6.07) is 6.67. The first kappa shape index (κ1) is 14.3. The Balaban J connectivity index is 2.54. The molecule has 0 aliphatic rings. The normalized spacial score (nSPS) is 11.9. The van der Waals surface area contributed by atoms with E-state index in [2.05, 4.69) is 6.92 Å². The maximum absolute atomic E-state index is 13.7. The Bertz CT molecular complexity index is 384. The van der Waals surface area contributed by atoms with Gasteiger partial charge in [-0.2, -0.15) is 0 Å². The van der Waals surface area contributed by atoms with E-state index in [9.17, 15) is 9.18 Å². The highest BCUT2D eigenvalue weighted by molar-refractivity contribution is 5.64. The van der Waals surface area contributed by atoms with E-state index >= 15 is 0 Å². The van der Waals surface area contributed by atoms with Crippen molar-refractivity contribution in [2.24, 2.45) is 0 Å². The fraction of sp³-hybridized carbons (Fsp3) is 0.462. The Morgan fingerprint density at radius 2 is 2.33 bits per heavy atom. The van der Waals surface area contributed by atoms with E-state index in [1.54, 1.807) is 24.3 Å². The molecule has 1 unspecified atom stereocenters. The van der Waals surface area contributed by atoms with Gasteiger partial charge in [-0.3, -0.25) is 0 Å². The monoisotopic (exact) mass is 255 g/mol. The van der Waals surface area contributed by atoms with E-state index < -0.39 is 12.3 Å². The lowest BCUT2D eigenvalue weighted by Crippen LogP contribution is -2.25. The van der Waals surface area contributed by atoms with Crippen LogP contribution in [-0.2, 0) is 0 Å². The first-order chi connectivity index (χ1) is 8.63. The third-order valence-electron chi connectivity index (χ3n) is 2.42. The second kappa shape index (κ2) is 7.53. The maximum atomic E-state index is 13.7. The molecule has 18 heavy (non-hydrogen) atoms. The Morgan fingerprint density at radius 3 is 3.00 bits per heavy atom. The van der Waals surface area contributed by atoms with Crippen molar-refractivity contribution < 1.29 is 19.0 Å². The van der Waals surface area contributed by atoms with E-state index in [1.165, 1.54) is 0 Å². The Morgan fingerprint density at radius 1 is 1.56 bits per heavy atom. The molecule has 0 aliphatic carbocycles. The maximum Gasteiger partial charge on any atom is 0.404 e. The fourth-order valence-electron chi connectivity index (χ4n) is 1.43. The molecule has 0 radical (unpaired) electrons. The summed E-state index contributed by atoms with van der Waals surface area (Å²) in [7, 11) is 0. The van der Waals surface area contributed by atoms with E-state index in [0.717, 1.165) is 12.8 Å². The number of benzene rings is 1. The molecule has 1 atom stereocenters. The molecule has 0 bridgehead atoms. The van der Waals surface area contributed by atoms with Crippen LogP contribution < -0.4 is 10.1 Å². The fourth-order valence-corrected chi connectivity index (χ4v) is 1.43. The van der Waals surface area contributed by atoms with Crippen LogP contribution in [0.4, 0.5) is 9.18 Å². The van der Waals surface area contributed by atoms with Crippen LogP contribution in [0.25, 0.3) is 0 Å². The van der Waals surface area contributed by atoms with Crippen LogP contribution in [0.2, 0.25) is 0 Å². The number of rotatable bonds is 7. The van der Waals surface area contributed by atoms with Crippen molar-refractivity contribution >= 4 is 6.09 Å². The molecule has 0 saturated heterocycles. The Kier molecular flexibility index (Phi) is 5.97. The number of carbonyl (C=O) groups is 1. The molecule has 1 aromatic carbocycles. The van der Waals surface area contributed by atoms with Crippen molar-refractivity contribution in [3.8, 4) is 5.75 Å². The van der Waals surface area contributed by atoms with Crippen LogP contribution >= 0.6 is 0 Å².